The number of thiocarbonyl (C=S) groups is 1. The molecule has 0 atom stereocenters. The van der Waals surface area contributed by atoms with E-state index in [0.29, 0.717) is 5.11 Å². The lowest BCUT2D eigenvalue weighted by Crippen LogP contribution is -2.30. The van der Waals surface area contributed by atoms with Gasteiger partial charge in [-0.2, -0.15) is 0 Å². The molecule has 4 heteroatoms. The molecule has 4 rings (SSSR count). The molecular formula is C24H23N3S. The molecule has 3 aromatic carbocycles. The van der Waals surface area contributed by atoms with Gasteiger partial charge in [0.05, 0.1) is 0 Å². The van der Waals surface area contributed by atoms with Gasteiger partial charge in [0.15, 0.2) is 5.11 Å². The van der Waals surface area contributed by atoms with Crippen LogP contribution in [-0.4, -0.2) is 16.2 Å². The number of nitrogens with one attached hydrogen (secondary N) is 2. The molecule has 0 bridgehead atoms. The second kappa shape index (κ2) is 8.72. The third kappa shape index (κ3) is 4.41. The lowest BCUT2D eigenvalue weighted by Gasteiger charge is -2.10. The molecule has 0 aliphatic heterocycles. The maximum absolute atomic E-state index is 5.41. The highest BCUT2D eigenvalue weighted by Gasteiger charge is 2.08. The van der Waals surface area contributed by atoms with E-state index in [2.05, 4.69) is 76.0 Å². The molecule has 0 saturated heterocycles. The van der Waals surface area contributed by atoms with Crippen molar-refractivity contribution < 1.29 is 0 Å². The van der Waals surface area contributed by atoms with Crippen molar-refractivity contribution in [3.63, 3.8) is 0 Å². The number of aromatic nitrogens is 1. The van der Waals surface area contributed by atoms with E-state index in [9.17, 15) is 0 Å². The number of hydrogen-bond acceptors (Lipinski definition) is 1. The van der Waals surface area contributed by atoms with Crippen molar-refractivity contribution in [3.05, 3.63) is 102 Å². The van der Waals surface area contributed by atoms with Crippen molar-refractivity contribution in [3.8, 4) is 0 Å². The Morgan fingerprint density at radius 3 is 2.29 bits per heavy atom. The lowest BCUT2D eigenvalue weighted by molar-refractivity contribution is 0.819. The maximum atomic E-state index is 5.41. The van der Waals surface area contributed by atoms with E-state index in [1.54, 1.807) is 0 Å². The highest BCUT2D eigenvalue weighted by atomic mass is 32.1. The number of benzene rings is 3. The van der Waals surface area contributed by atoms with E-state index in [1.807, 2.05) is 30.3 Å². The van der Waals surface area contributed by atoms with E-state index in [4.69, 9.17) is 12.2 Å². The molecule has 1 heterocycles. The predicted molar refractivity (Wildman–Crippen MR) is 122 cm³/mol. The largest absolute Gasteiger partial charge is 0.362 e. The van der Waals surface area contributed by atoms with Gasteiger partial charge in [0.2, 0.25) is 0 Å². The number of hydrogen-bond donors (Lipinski definition) is 2. The fourth-order valence-corrected chi connectivity index (χ4v) is 3.66. The summed E-state index contributed by atoms with van der Waals surface area (Å²) in [6.07, 6.45) is 3.19. The minimum absolute atomic E-state index is 0.652. The molecule has 0 spiro atoms. The first-order valence-electron chi connectivity index (χ1n) is 9.50. The van der Waals surface area contributed by atoms with Crippen LogP contribution in [-0.2, 0) is 13.0 Å². The average Bonchev–Trinajstić information content (AvgIpc) is 3.07. The normalized spacial score (nSPS) is 10.7. The summed E-state index contributed by atoms with van der Waals surface area (Å²) < 4.78 is 2.33. The summed E-state index contributed by atoms with van der Waals surface area (Å²) in [5.41, 5.74) is 4.91. The zero-order valence-electron chi connectivity index (χ0n) is 15.6. The van der Waals surface area contributed by atoms with Crippen LogP contribution in [0.3, 0.4) is 0 Å². The summed E-state index contributed by atoms with van der Waals surface area (Å²) in [6.45, 7) is 1.67. The zero-order valence-corrected chi connectivity index (χ0v) is 16.5. The van der Waals surface area contributed by atoms with Gasteiger partial charge >= 0.3 is 0 Å². The van der Waals surface area contributed by atoms with Crippen LogP contribution in [0, 0.1) is 0 Å². The Kier molecular flexibility index (Phi) is 5.69. The van der Waals surface area contributed by atoms with Gasteiger partial charge in [0, 0.05) is 35.9 Å². The maximum Gasteiger partial charge on any atom is 0.170 e. The number of rotatable bonds is 6. The number of anilines is 1. The van der Waals surface area contributed by atoms with Crippen molar-refractivity contribution in [1.82, 2.24) is 9.88 Å². The smallest absolute Gasteiger partial charge is 0.170 e. The van der Waals surface area contributed by atoms with Crippen molar-refractivity contribution in [1.29, 1.82) is 0 Å². The van der Waals surface area contributed by atoms with Crippen LogP contribution in [0.15, 0.2) is 91.1 Å². The van der Waals surface area contributed by atoms with Crippen LogP contribution in [0.1, 0.15) is 11.1 Å². The molecule has 0 aliphatic rings. The molecule has 28 heavy (non-hydrogen) atoms. The van der Waals surface area contributed by atoms with Crippen molar-refractivity contribution >= 4 is 33.9 Å². The standard InChI is InChI=1S/C24H23N3S/c28-24(26-21-11-5-2-6-12-21)25-16-15-20-18-27(17-19-9-3-1-4-10-19)23-14-8-7-13-22(20)23/h1-14,18H,15-17H2,(H2,25,26,28). The SMILES string of the molecule is S=C(NCCc1cn(Cc2ccccc2)c2ccccc12)Nc1ccccc1. The summed E-state index contributed by atoms with van der Waals surface area (Å²) in [6, 6.07) is 29.2. The first-order chi connectivity index (χ1) is 13.8. The van der Waals surface area contributed by atoms with Crippen molar-refractivity contribution in [2.24, 2.45) is 0 Å². The van der Waals surface area contributed by atoms with E-state index in [1.165, 1.54) is 22.0 Å². The van der Waals surface area contributed by atoms with Crippen molar-refractivity contribution in [2.45, 2.75) is 13.0 Å². The number of para-hydroxylation sites is 2. The molecule has 0 amide bonds. The van der Waals surface area contributed by atoms with E-state index < -0.39 is 0 Å². The van der Waals surface area contributed by atoms with Crippen LogP contribution in [0.2, 0.25) is 0 Å². The number of fused-ring (bicyclic) bond motifs is 1. The molecule has 0 radical (unpaired) electrons. The average molecular weight is 386 g/mol. The second-order valence-electron chi connectivity index (χ2n) is 6.78. The minimum Gasteiger partial charge on any atom is -0.362 e. The predicted octanol–water partition coefficient (Wildman–Crippen LogP) is 5.22. The molecule has 3 nitrogen and oxygen atoms in total. The fraction of sp³-hybridized carbons (Fsp3) is 0.125. The highest BCUT2D eigenvalue weighted by molar-refractivity contribution is 7.80. The van der Waals surface area contributed by atoms with Gasteiger partial charge in [-0.05, 0) is 48.0 Å². The van der Waals surface area contributed by atoms with Crippen LogP contribution in [0.5, 0.6) is 0 Å². The highest BCUT2D eigenvalue weighted by Crippen LogP contribution is 2.22. The minimum atomic E-state index is 0.652. The van der Waals surface area contributed by atoms with Gasteiger partial charge in [-0.3, -0.25) is 0 Å². The Balaban J connectivity index is 1.43. The first-order valence-corrected chi connectivity index (χ1v) is 9.91. The Morgan fingerprint density at radius 1 is 0.821 bits per heavy atom. The molecule has 0 unspecified atom stereocenters. The molecule has 0 saturated carbocycles. The molecular weight excluding hydrogens is 362 g/mol. The summed E-state index contributed by atoms with van der Waals surface area (Å²) >= 11 is 5.41. The van der Waals surface area contributed by atoms with Gasteiger partial charge in [-0.25, -0.2) is 0 Å². The van der Waals surface area contributed by atoms with Gasteiger partial charge in [0.1, 0.15) is 0 Å². The Bertz CT molecular complexity index is 1060. The molecule has 0 aliphatic carbocycles. The van der Waals surface area contributed by atoms with Gasteiger partial charge in [0.25, 0.3) is 0 Å². The van der Waals surface area contributed by atoms with Crippen LogP contribution in [0.25, 0.3) is 10.9 Å². The summed E-state index contributed by atoms with van der Waals surface area (Å²) in [5, 5.41) is 8.49. The van der Waals surface area contributed by atoms with Gasteiger partial charge in [-0.1, -0.05) is 66.7 Å². The van der Waals surface area contributed by atoms with Crippen LogP contribution < -0.4 is 10.6 Å². The fourth-order valence-electron chi connectivity index (χ4n) is 3.44. The Labute approximate surface area is 171 Å². The summed E-state index contributed by atoms with van der Waals surface area (Å²) in [4.78, 5) is 0. The number of nitrogens with zero attached hydrogens (tertiary/aromatic N) is 1. The third-order valence-corrected chi connectivity index (χ3v) is 5.02. The zero-order chi connectivity index (χ0) is 19.2. The topological polar surface area (TPSA) is 29.0 Å². The van der Waals surface area contributed by atoms with E-state index in [0.717, 1.165) is 25.2 Å². The molecule has 1 aromatic heterocycles. The first kappa shape index (κ1) is 18.3. The second-order valence-corrected chi connectivity index (χ2v) is 7.19. The monoisotopic (exact) mass is 385 g/mol. The van der Waals surface area contributed by atoms with Crippen LogP contribution in [0.4, 0.5) is 5.69 Å². The Morgan fingerprint density at radius 2 is 1.50 bits per heavy atom. The van der Waals surface area contributed by atoms with Gasteiger partial charge in [-0.15, -0.1) is 0 Å². The lowest BCUT2D eigenvalue weighted by atomic mass is 10.1. The molecule has 0 fully saturated rings. The molecule has 140 valence electrons. The van der Waals surface area contributed by atoms with Crippen molar-refractivity contribution in [2.75, 3.05) is 11.9 Å². The van der Waals surface area contributed by atoms with Crippen LogP contribution >= 0.6 is 12.2 Å². The third-order valence-electron chi connectivity index (χ3n) is 4.78. The molecule has 2 N–H and O–H groups in total. The van der Waals surface area contributed by atoms with Gasteiger partial charge < -0.3 is 15.2 Å². The van der Waals surface area contributed by atoms with E-state index in [-0.39, 0.29) is 0 Å². The Hall–Kier alpha value is -3.11. The van der Waals surface area contributed by atoms with E-state index >= 15 is 0 Å². The summed E-state index contributed by atoms with van der Waals surface area (Å²) in [7, 11) is 0. The quantitative estimate of drug-likeness (QED) is 0.446. The molecule has 4 aromatic rings. The summed E-state index contributed by atoms with van der Waals surface area (Å²) in [5.74, 6) is 0.